The van der Waals surface area contributed by atoms with Crippen molar-refractivity contribution in [2.45, 2.75) is 65.6 Å². The molecule has 1 aliphatic rings. The second kappa shape index (κ2) is 9.37. The molecule has 1 saturated carbocycles. The maximum atomic E-state index is 13.2. The third-order valence-electron chi connectivity index (χ3n) is 6.14. The number of amides is 3. The van der Waals surface area contributed by atoms with E-state index in [2.05, 4.69) is 5.32 Å². The number of urea groups is 1. The molecular formula is C24H34N4O2. The Morgan fingerprint density at radius 3 is 2.50 bits per heavy atom. The van der Waals surface area contributed by atoms with E-state index in [-0.39, 0.29) is 30.6 Å². The second-order valence-corrected chi connectivity index (χ2v) is 8.48. The van der Waals surface area contributed by atoms with Gasteiger partial charge in [-0.05, 0) is 75.4 Å². The summed E-state index contributed by atoms with van der Waals surface area (Å²) < 4.78 is 2.04. The largest absolute Gasteiger partial charge is 0.353 e. The first-order valence-electron chi connectivity index (χ1n) is 10.8. The monoisotopic (exact) mass is 410 g/mol. The summed E-state index contributed by atoms with van der Waals surface area (Å²) in [6, 6.07) is 9.94. The summed E-state index contributed by atoms with van der Waals surface area (Å²) in [5.41, 5.74) is 4.17. The highest BCUT2D eigenvalue weighted by molar-refractivity contribution is 5.92. The molecule has 1 N–H and O–H groups in total. The molecule has 0 radical (unpaired) electrons. The normalized spacial score (nSPS) is 14.3. The predicted molar refractivity (Wildman–Crippen MR) is 120 cm³/mol. The van der Waals surface area contributed by atoms with Crippen molar-refractivity contribution in [1.82, 2.24) is 14.4 Å². The zero-order valence-electron chi connectivity index (χ0n) is 18.8. The molecule has 6 heteroatoms. The third kappa shape index (κ3) is 5.23. The lowest BCUT2D eigenvalue weighted by Crippen LogP contribution is -2.48. The van der Waals surface area contributed by atoms with E-state index in [1.54, 1.807) is 4.90 Å². The number of aryl methyl sites for hydroxylation is 3. The number of hydrogen-bond acceptors (Lipinski definition) is 2. The minimum absolute atomic E-state index is 0.00855. The van der Waals surface area contributed by atoms with Crippen LogP contribution in [0.3, 0.4) is 0 Å². The minimum atomic E-state index is -0.226. The van der Waals surface area contributed by atoms with Gasteiger partial charge in [-0.2, -0.15) is 0 Å². The quantitative estimate of drug-likeness (QED) is 0.698. The van der Waals surface area contributed by atoms with Gasteiger partial charge in [0.1, 0.15) is 6.54 Å². The fraction of sp³-hybridized carbons (Fsp3) is 0.500. The van der Waals surface area contributed by atoms with E-state index in [0.29, 0.717) is 6.54 Å². The molecule has 0 unspecified atom stereocenters. The molecule has 1 heterocycles. The van der Waals surface area contributed by atoms with E-state index in [4.69, 9.17) is 0 Å². The van der Waals surface area contributed by atoms with Crippen molar-refractivity contribution < 1.29 is 9.59 Å². The van der Waals surface area contributed by atoms with Crippen molar-refractivity contribution in [3.05, 3.63) is 53.3 Å². The van der Waals surface area contributed by atoms with Crippen molar-refractivity contribution >= 4 is 17.6 Å². The van der Waals surface area contributed by atoms with Crippen molar-refractivity contribution in [2.24, 2.45) is 7.05 Å². The molecule has 0 saturated heterocycles. The van der Waals surface area contributed by atoms with Gasteiger partial charge in [0.2, 0.25) is 5.91 Å². The smallest absolute Gasteiger partial charge is 0.322 e. The van der Waals surface area contributed by atoms with Crippen molar-refractivity contribution in [3.63, 3.8) is 0 Å². The zero-order chi connectivity index (χ0) is 21.8. The van der Waals surface area contributed by atoms with Crippen molar-refractivity contribution in [2.75, 3.05) is 11.9 Å². The number of carbonyl (C=O) groups excluding carboxylic acids is 2. The van der Waals surface area contributed by atoms with Gasteiger partial charge in [-0.15, -0.1) is 0 Å². The molecule has 1 atom stereocenters. The van der Waals surface area contributed by atoms with Crippen LogP contribution in [0, 0.1) is 13.8 Å². The van der Waals surface area contributed by atoms with Crippen LogP contribution >= 0.6 is 0 Å². The Morgan fingerprint density at radius 1 is 1.20 bits per heavy atom. The van der Waals surface area contributed by atoms with Gasteiger partial charge in [0.15, 0.2) is 0 Å². The van der Waals surface area contributed by atoms with Crippen molar-refractivity contribution in [1.29, 1.82) is 0 Å². The Kier molecular flexibility index (Phi) is 6.85. The van der Waals surface area contributed by atoms with Gasteiger partial charge in [0, 0.05) is 36.7 Å². The first-order chi connectivity index (χ1) is 14.3. The molecule has 0 spiro atoms. The molecule has 1 fully saturated rings. The van der Waals surface area contributed by atoms with E-state index >= 15 is 0 Å². The number of nitrogens with one attached hydrogen (secondary N) is 1. The van der Waals surface area contributed by atoms with Crippen molar-refractivity contribution in [3.8, 4) is 0 Å². The number of carbonyl (C=O) groups is 2. The summed E-state index contributed by atoms with van der Waals surface area (Å²) in [6.45, 7) is 8.77. The molecule has 3 rings (SSSR count). The fourth-order valence-electron chi connectivity index (χ4n) is 3.54. The van der Waals surface area contributed by atoms with Crippen LogP contribution in [0.1, 0.15) is 49.9 Å². The zero-order valence-corrected chi connectivity index (χ0v) is 18.8. The number of anilines is 1. The molecule has 1 aromatic carbocycles. The lowest BCUT2D eigenvalue weighted by atomic mass is 10.1. The number of aromatic nitrogens is 1. The Hall–Kier alpha value is -2.76. The van der Waals surface area contributed by atoms with Gasteiger partial charge in [-0.3, -0.25) is 4.79 Å². The summed E-state index contributed by atoms with van der Waals surface area (Å²) in [5, 5.41) is 2.98. The first kappa shape index (κ1) is 21.9. The number of benzene rings is 1. The molecule has 1 aromatic heterocycles. The predicted octanol–water partition coefficient (Wildman–Crippen LogP) is 4.47. The molecular weight excluding hydrogens is 376 g/mol. The van der Waals surface area contributed by atoms with Gasteiger partial charge in [-0.1, -0.05) is 13.0 Å². The van der Waals surface area contributed by atoms with Crippen LogP contribution in [0.2, 0.25) is 0 Å². The average molecular weight is 411 g/mol. The summed E-state index contributed by atoms with van der Waals surface area (Å²) in [5.74, 6) is 0.00855. The Bertz CT molecular complexity index is 900. The van der Waals surface area contributed by atoms with E-state index in [9.17, 15) is 9.59 Å². The summed E-state index contributed by atoms with van der Waals surface area (Å²) in [7, 11) is 1.99. The maximum Gasteiger partial charge on any atom is 0.322 e. The van der Waals surface area contributed by atoms with Gasteiger partial charge >= 0.3 is 6.03 Å². The van der Waals surface area contributed by atoms with Gasteiger partial charge in [0.25, 0.3) is 0 Å². The first-order valence-corrected chi connectivity index (χ1v) is 10.8. The highest BCUT2D eigenvalue weighted by Crippen LogP contribution is 2.29. The molecule has 162 valence electrons. The Morgan fingerprint density at radius 2 is 1.93 bits per heavy atom. The number of nitrogens with zero attached hydrogens (tertiary/aromatic N) is 3. The molecule has 0 aliphatic heterocycles. The van der Waals surface area contributed by atoms with Gasteiger partial charge in [0.05, 0.1) is 6.54 Å². The van der Waals surface area contributed by atoms with Crippen LogP contribution in [0.25, 0.3) is 0 Å². The fourth-order valence-corrected chi connectivity index (χ4v) is 3.54. The molecule has 3 amide bonds. The number of hydrogen-bond donors (Lipinski definition) is 1. The molecule has 2 aromatic rings. The van der Waals surface area contributed by atoms with E-state index < -0.39 is 0 Å². The minimum Gasteiger partial charge on any atom is -0.353 e. The Balaban J connectivity index is 1.72. The van der Waals surface area contributed by atoms with Gasteiger partial charge < -0.3 is 19.7 Å². The summed E-state index contributed by atoms with van der Waals surface area (Å²) in [4.78, 5) is 29.9. The van der Waals surface area contributed by atoms with E-state index in [0.717, 1.165) is 36.2 Å². The van der Waals surface area contributed by atoms with Crippen LogP contribution in [-0.4, -0.2) is 44.9 Å². The van der Waals surface area contributed by atoms with Crippen LogP contribution in [0.4, 0.5) is 10.5 Å². The highest BCUT2D eigenvalue weighted by Gasteiger charge is 2.34. The SMILES string of the molecule is CC[C@H](C)N(CC(=O)N(Cc1cccn1C)C1CC1)C(=O)Nc1ccc(C)c(C)c1. The standard InChI is InChI=1S/C24H34N4O2/c1-6-19(4)27(24(30)25-20-10-9-17(2)18(3)14-20)16-23(29)28(21-11-12-21)15-22-8-7-13-26(22)5/h7-10,13-14,19,21H,6,11-12,15-16H2,1-5H3,(H,25,30)/t19-/m0/s1. The van der Waals surface area contributed by atoms with Crippen LogP contribution in [0.5, 0.6) is 0 Å². The lowest BCUT2D eigenvalue weighted by Gasteiger charge is -2.31. The summed E-state index contributed by atoms with van der Waals surface area (Å²) >= 11 is 0. The van der Waals surface area contributed by atoms with Crippen LogP contribution < -0.4 is 5.32 Å². The molecule has 1 aliphatic carbocycles. The summed E-state index contributed by atoms with van der Waals surface area (Å²) in [6.07, 6.45) is 4.85. The van der Waals surface area contributed by atoms with Gasteiger partial charge in [-0.25, -0.2) is 4.79 Å². The maximum absolute atomic E-state index is 13.2. The van der Waals surface area contributed by atoms with E-state index in [1.165, 1.54) is 5.56 Å². The number of rotatable bonds is 8. The van der Waals surface area contributed by atoms with Crippen LogP contribution in [-0.2, 0) is 18.4 Å². The molecule has 30 heavy (non-hydrogen) atoms. The third-order valence-corrected chi connectivity index (χ3v) is 6.14. The Labute approximate surface area is 179 Å². The average Bonchev–Trinajstić information content (AvgIpc) is 3.48. The van der Waals surface area contributed by atoms with E-state index in [1.807, 2.05) is 80.7 Å². The highest BCUT2D eigenvalue weighted by atomic mass is 16.2. The second-order valence-electron chi connectivity index (χ2n) is 8.48. The lowest BCUT2D eigenvalue weighted by molar-refractivity contribution is -0.133. The molecule has 6 nitrogen and oxygen atoms in total. The topological polar surface area (TPSA) is 57.6 Å². The molecule has 0 bridgehead atoms. The van der Waals surface area contributed by atoms with Crippen LogP contribution in [0.15, 0.2) is 36.5 Å².